The number of pyridine rings is 1. The molecule has 1 aromatic heterocycles. The van der Waals surface area contributed by atoms with Gasteiger partial charge in [-0.25, -0.2) is 4.98 Å². The third kappa shape index (κ3) is 5.84. The second kappa shape index (κ2) is 9.41. The largest absolute Gasteiger partial charge is 0.439 e. The lowest BCUT2D eigenvalue weighted by Gasteiger charge is -2.38. The van der Waals surface area contributed by atoms with Gasteiger partial charge >= 0.3 is 5.97 Å². The quantitative estimate of drug-likeness (QED) is 0.276. The summed E-state index contributed by atoms with van der Waals surface area (Å²) >= 11 is 0. The Kier molecular flexibility index (Phi) is 8.10. The Bertz CT molecular complexity index is 672. The maximum absolute atomic E-state index is 11.9. The first-order valence-corrected chi connectivity index (χ1v) is 11.9. The highest BCUT2D eigenvalue weighted by atomic mass is 28.3. The molecule has 0 unspecified atom stereocenters. The van der Waals surface area contributed by atoms with Crippen LogP contribution in [0.3, 0.4) is 0 Å². The fourth-order valence-corrected chi connectivity index (χ4v) is 8.78. The standard InChI is InChI=1S/C22H35NO3Si/c1-16(2)27(17(3)4,18(5)6)14-12-19-11-10-13-23-20(19)25-15-26-21(24)22(7,8)9/h10-11,13,16-18H,15H2,1-9H3. The average molecular weight is 390 g/mol. The van der Waals surface area contributed by atoms with Gasteiger partial charge in [0, 0.05) is 6.20 Å². The van der Waals surface area contributed by atoms with Crippen molar-refractivity contribution >= 4 is 14.0 Å². The SMILES string of the molecule is CC(C)[Si](C#Cc1cccnc1OCOC(=O)C(C)(C)C)(C(C)C)C(C)C. The van der Waals surface area contributed by atoms with Crippen molar-refractivity contribution in [3.05, 3.63) is 23.9 Å². The second-order valence-electron chi connectivity index (χ2n) is 8.95. The molecule has 0 atom stereocenters. The number of rotatable bonds is 6. The van der Waals surface area contributed by atoms with Crippen molar-refractivity contribution < 1.29 is 14.3 Å². The molecule has 0 aliphatic carbocycles. The number of ether oxygens (including phenoxy) is 2. The molecule has 0 aromatic carbocycles. The lowest BCUT2D eigenvalue weighted by atomic mass is 9.98. The van der Waals surface area contributed by atoms with Gasteiger partial charge in [0.15, 0.2) is 0 Å². The maximum Gasteiger partial charge on any atom is 0.314 e. The van der Waals surface area contributed by atoms with Crippen LogP contribution < -0.4 is 4.74 Å². The van der Waals surface area contributed by atoms with E-state index in [1.807, 2.05) is 12.1 Å². The number of carbonyl (C=O) groups is 1. The first kappa shape index (κ1) is 23.2. The average Bonchev–Trinajstić information content (AvgIpc) is 2.54. The smallest absolute Gasteiger partial charge is 0.314 e. The highest BCUT2D eigenvalue weighted by molar-refractivity contribution is 6.90. The summed E-state index contributed by atoms with van der Waals surface area (Å²) in [7, 11) is -1.84. The van der Waals surface area contributed by atoms with Crippen molar-refractivity contribution in [2.75, 3.05) is 6.79 Å². The Labute approximate surface area is 166 Å². The van der Waals surface area contributed by atoms with Crippen LogP contribution in [-0.2, 0) is 9.53 Å². The molecular weight excluding hydrogens is 354 g/mol. The van der Waals surface area contributed by atoms with Crippen LogP contribution in [0.25, 0.3) is 0 Å². The molecule has 1 aromatic rings. The minimum absolute atomic E-state index is 0.164. The van der Waals surface area contributed by atoms with Crippen molar-refractivity contribution in [1.82, 2.24) is 4.98 Å². The van der Waals surface area contributed by atoms with Crippen LogP contribution in [0.2, 0.25) is 16.6 Å². The van der Waals surface area contributed by atoms with Gasteiger partial charge in [-0.2, -0.15) is 0 Å². The van der Waals surface area contributed by atoms with Gasteiger partial charge in [0.25, 0.3) is 0 Å². The zero-order valence-electron chi connectivity index (χ0n) is 18.3. The van der Waals surface area contributed by atoms with E-state index >= 15 is 0 Å². The monoisotopic (exact) mass is 389 g/mol. The molecule has 0 N–H and O–H groups in total. The summed E-state index contributed by atoms with van der Waals surface area (Å²) in [5, 5.41) is 0. The van der Waals surface area contributed by atoms with E-state index in [1.54, 1.807) is 27.0 Å². The molecule has 0 amide bonds. The molecule has 5 heteroatoms. The Morgan fingerprint density at radius 3 is 2.15 bits per heavy atom. The van der Waals surface area contributed by atoms with Crippen LogP contribution in [-0.4, -0.2) is 25.8 Å². The van der Waals surface area contributed by atoms with Crippen LogP contribution >= 0.6 is 0 Å². The zero-order valence-corrected chi connectivity index (χ0v) is 19.3. The van der Waals surface area contributed by atoms with Crippen LogP contribution in [0.1, 0.15) is 67.9 Å². The van der Waals surface area contributed by atoms with Crippen LogP contribution in [0.4, 0.5) is 0 Å². The molecular formula is C22H35NO3Si. The fourth-order valence-electron chi connectivity index (χ4n) is 3.56. The molecule has 0 aliphatic heterocycles. The fraction of sp³-hybridized carbons (Fsp3) is 0.636. The summed E-state index contributed by atoms with van der Waals surface area (Å²) in [5.74, 6) is 3.45. The number of hydrogen-bond donors (Lipinski definition) is 0. The van der Waals surface area contributed by atoms with Gasteiger partial charge < -0.3 is 9.47 Å². The summed E-state index contributed by atoms with van der Waals surface area (Å²) in [4.78, 5) is 16.1. The number of esters is 1. The highest BCUT2D eigenvalue weighted by Crippen LogP contribution is 2.40. The molecule has 27 heavy (non-hydrogen) atoms. The normalized spacial score (nSPS) is 12.1. The van der Waals surface area contributed by atoms with E-state index in [0.717, 1.165) is 5.56 Å². The highest BCUT2D eigenvalue weighted by Gasteiger charge is 2.41. The number of carbonyl (C=O) groups excluding carboxylic acids is 1. The van der Waals surface area contributed by atoms with Gasteiger partial charge in [-0.3, -0.25) is 4.79 Å². The van der Waals surface area contributed by atoms with Crippen molar-refractivity contribution in [1.29, 1.82) is 0 Å². The zero-order chi connectivity index (χ0) is 20.8. The first-order valence-electron chi connectivity index (χ1n) is 9.71. The van der Waals surface area contributed by atoms with E-state index in [-0.39, 0.29) is 12.8 Å². The van der Waals surface area contributed by atoms with Gasteiger partial charge in [0.05, 0.1) is 11.0 Å². The van der Waals surface area contributed by atoms with E-state index in [1.165, 1.54) is 0 Å². The van der Waals surface area contributed by atoms with Crippen LogP contribution in [0.15, 0.2) is 18.3 Å². The van der Waals surface area contributed by atoms with E-state index in [2.05, 4.69) is 58.0 Å². The molecule has 150 valence electrons. The molecule has 1 rings (SSSR count). The number of hydrogen-bond acceptors (Lipinski definition) is 4. The van der Waals surface area contributed by atoms with E-state index in [4.69, 9.17) is 9.47 Å². The third-order valence-corrected chi connectivity index (χ3v) is 11.3. The van der Waals surface area contributed by atoms with Crippen LogP contribution in [0, 0.1) is 16.9 Å². The predicted molar refractivity (Wildman–Crippen MR) is 113 cm³/mol. The molecule has 0 bridgehead atoms. The first-order chi connectivity index (χ1) is 12.4. The minimum Gasteiger partial charge on any atom is -0.439 e. The van der Waals surface area contributed by atoms with Gasteiger partial charge in [0.1, 0.15) is 8.07 Å². The van der Waals surface area contributed by atoms with Crippen molar-refractivity contribution in [2.24, 2.45) is 5.41 Å². The Morgan fingerprint density at radius 2 is 1.67 bits per heavy atom. The molecule has 0 saturated heterocycles. The van der Waals surface area contributed by atoms with Crippen molar-refractivity contribution in [2.45, 2.75) is 78.9 Å². The third-order valence-electron chi connectivity index (χ3n) is 5.05. The summed E-state index contributed by atoms with van der Waals surface area (Å²) < 4.78 is 10.8. The second-order valence-corrected chi connectivity index (χ2v) is 14.5. The summed E-state index contributed by atoms with van der Waals surface area (Å²) in [5.41, 5.74) is 5.51. The summed E-state index contributed by atoms with van der Waals surface area (Å²) in [6.45, 7) is 19.0. The molecule has 0 fully saturated rings. The predicted octanol–water partition coefficient (Wildman–Crippen LogP) is 5.58. The van der Waals surface area contributed by atoms with E-state index in [0.29, 0.717) is 22.5 Å². The number of nitrogens with zero attached hydrogens (tertiary/aromatic N) is 1. The van der Waals surface area contributed by atoms with Gasteiger partial charge in [-0.1, -0.05) is 47.5 Å². The topological polar surface area (TPSA) is 48.4 Å². The minimum atomic E-state index is -1.84. The molecule has 0 saturated carbocycles. The Hall–Kier alpha value is -1.80. The van der Waals surface area contributed by atoms with E-state index in [9.17, 15) is 4.79 Å². The lowest BCUT2D eigenvalue weighted by molar-refractivity contribution is -0.159. The number of aromatic nitrogens is 1. The van der Waals surface area contributed by atoms with Gasteiger partial charge in [-0.05, 0) is 49.5 Å². The summed E-state index contributed by atoms with van der Waals surface area (Å²) in [6, 6.07) is 3.75. The molecule has 0 spiro atoms. The summed E-state index contributed by atoms with van der Waals surface area (Å²) in [6.07, 6.45) is 1.66. The molecule has 4 nitrogen and oxygen atoms in total. The lowest BCUT2D eigenvalue weighted by Crippen LogP contribution is -2.43. The van der Waals surface area contributed by atoms with Gasteiger partial charge in [-0.15, -0.1) is 5.54 Å². The maximum atomic E-state index is 11.9. The van der Waals surface area contributed by atoms with Crippen molar-refractivity contribution in [3.63, 3.8) is 0 Å². The van der Waals surface area contributed by atoms with E-state index < -0.39 is 13.5 Å². The van der Waals surface area contributed by atoms with Crippen molar-refractivity contribution in [3.8, 4) is 17.3 Å². The molecule has 0 aliphatic rings. The molecule has 1 heterocycles. The Balaban J connectivity index is 3.07. The molecule has 0 radical (unpaired) electrons. The van der Waals surface area contributed by atoms with Gasteiger partial charge in [0.2, 0.25) is 12.7 Å². The van der Waals surface area contributed by atoms with Crippen LogP contribution in [0.5, 0.6) is 5.88 Å². The Morgan fingerprint density at radius 1 is 1.11 bits per heavy atom.